The van der Waals surface area contributed by atoms with Gasteiger partial charge in [-0.2, -0.15) is 0 Å². The quantitative estimate of drug-likeness (QED) is 0.163. The molecule has 12 rings (SSSR count). The van der Waals surface area contributed by atoms with Gasteiger partial charge in [-0.3, -0.25) is 0 Å². The number of aryl methyl sites for hydroxylation is 1. The summed E-state index contributed by atoms with van der Waals surface area (Å²) < 4.78 is 0. The summed E-state index contributed by atoms with van der Waals surface area (Å²) >= 11 is 0. The van der Waals surface area contributed by atoms with E-state index in [9.17, 15) is 0 Å². The highest BCUT2D eigenvalue weighted by Gasteiger charge is 2.63. The molecule has 0 radical (unpaired) electrons. The zero-order chi connectivity index (χ0) is 47.8. The van der Waals surface area contributed by atoms with Crippen molar-refractivity contribution in [1.29, 1.82) is 0 Å². The molecule has 0 spiro atoms. The van der Waals surface area contributed by atoms with Gasteiger partial charge in [-0.25, -0.2) is 0 Å². The average Bonchev–Trinajstić information content (AvgIpc) is 3.58. The zero-order valence-corrected chi connectivity index (χ0v) is 42.2. The first-order valence-corrected chi connectivity index (χ1v) is 25.3. The highest BCUT2D eigenvalue weighted by atomic mass is 15.3. The van der Waals surface area contributed by atoms with Gasteiger partial charge in [0.05, 0.1) is 11.0 Å². The number of hydrogen-bond donors (Lipinski definition) is 0. The first-order valence-electron chi connectivity index (χ1n) is 25.3. The monoisotopic (exact) mass is 898 g/mol. The van der Waals surface area contributed by atoms with E-state index in [1.165, 1.54) is 95.1 Å². The molecule has 0 amide bonds. The molecule has 1 aliphatic carbocycles. The Labute approximate surface area is 411 Å². The van der Waals surface area contributed by atoms with E-state index >= 15 is 0 Å². The van der Waals surface area contributed by atoms with Gasteiger partial charge in [-0.05, 0) is 146 Å². The average molecular weight is 898 g/mol. The van der Waals surface area contributed by atoms with E-state index in [4.69, 9.17) is 0 Å². The van der Waals surface area contributed by atoms with Crippen molar-refractivity contribution in [3.05, 3.63) is 221 Å². The largest absolute Gasteiger partial charge is 0.330 e. The Balaban J connectivity index is 1.24. The van der Waals surface area contributed by atoms with Crippen LogP contribution in [0.5, 0.6) is 0 Å². The number of benzene rings is 8. The predicted octanol–water partition coefficient (Wildman–Crippen LogP) is 15.0. The first kappa shape index (κ1) is 43.5. The maximum absolute atomic E-state index is 2.79. The van der Waals surface area contributed by atoms with Gasteiger partial charge in [0.2, 0.25) is 0 Å². The highest BCUT2D eigenvalue weighted by Crippen LogP contribution is 2.67. The summed E-state index contributed by atoms with van der Waals surface area (Å²) in [5.74, 6) is 0. The van der Waals surface area contributed by atoms with Crippen LogP contribution in [0, 0.1) is 0 Å². The van der Waals surface area contributed by atoms with Crippen molar-refractivity contribution in [2.45, 2.75) is 109 Å². The summed E-state index contributed by atoms with van der Waals surface area (Å²) in [6.07, 6.45) is 2.01. The molecule has 8 aromatic rings. The zero-order valence-electron chi connectivity index (χ0n) is 42.2. The summed E-state index contributed by atoms with van der Waals surface area (Å²) in [6.45, 7) is 23.7. The van der Waals surface area contributed by atoms with E-state index in [1.54, 1.807) is 0 Å². The van der Waals surface area contributed by atoms with E-state index < -0.39 is 5.54 Å². The minimum absolute atomic E-state index is 0.0147. The van der Waals surface area contributed by atoms with Crippen LogP contribution in [0.4, 0.5) is 45.5 Å². The van der Waals surface area contributed by atoms with Crippen molar-refractivity contribution in [1.82, 2.24) is 0 Å². The second kappa shape index (κ2) is 15.1. The van der Waals surface area contributed by atoms with Crippen LogP contribution in [0.25, 0.3) is 0 Å². The molecule has 4 heteroatoms. The summed E-state index contributed by atoms with van der Waals surface area (Å²) in [6, 6.07) is 70.5. The predicted molar refractivity (Wildman–Crippen MR) is 294 cm³/mol. The fourth-order valence-electron chi connectivity index (χ4n) is 13.0. The Morgan fingerprint density at radius 3 is 1.70 bits per heavy atom. The SMILES string of the molecule is CC(C)(C)c1cccc(N2c3cc(C(C)(C)C)ccc3B3c4ccccc4N(c4ccccc4)c4cc(N5c6ccc(C(C)(C)C)cc6C6(c7ccccc7)CCc7ccccc7C56C)cc2c43)c1. The van der Waals surface area contributed by atoms with Crippen molar-refractivity contribution in [3.63, 3.8) is 0 Å². The highest BCUT2D eigenvalue weighted by molar-refractivity contribution is 7.00. The number of hydrogen-bond acceptors (Lipinski definition) is 3. The van der Waals surface area contributed by atoms with Gasteiger partial charge in [0.25, 0.3) is 6.71 Å². The number of rotatable bonds is 4. The lowest BCUT2D eigenvalue weighted by Gasteiger charge is -2.53. The van der Waals surface area contributed by atoms with E-state index in [2.05, 4.69) is 266 Å². The second-order valence-corrected chi connectivity index (χ2v) is 23.5. The Hall–Kier alpha value is -6.78. The van der Waals surface area contributed by atoms with Crippen LogP contribution >= 0.6 is 0 Å². The van der Waals surface area contributed by atoms with E-state index in [0.717, 1.165) is 18.5 Å². The molecule has 69 heavy (non-hydrogen) atoms. The Morgan fingerprint density at radius 2 is 0.986 bits per heavy atom. The minimum atomic E-state index is -0.504. The number of anilines is 8. The van der Waals surface area contributed by atoms with Crippen LogP contribution in [0.15, 0.2) is 182 Å². The van der Waals surface area contributed by atoms with Gasteiger partial charge >= 0.3 is 0 Å². The molecule has 0 N–H and O–H groups in total. The fourth-order valence-corrected chi connectivity index (χ4v) is 13.0. The summed E-state index contributed by atoms with van der Waals surface area (Å²) in [5.41, 5.74) is 22.4. The fraction of sp³-hybridized carbons (Fsp3) is 0.262. The maximum atomic E-state index is 2.79. The molecule has 3 heterocycles. The van der Waals surface area contributed by atoms with Crippen LogP contribution in [0.2, 0.25) is 0 Å². The van der Waals surface area contributed by atoms with E-state index in [-0.39, 0.29) is 28.4 Å². The molecule has 3 nitrogen and oxygen atoms in total. The second-order valence-electron chi connectivity index (χ2n) is 23.5. The maximum Gasteiger partial charge on any atom is 0.252 e. The molecular weight excluding hydrogens is 834 g/mol. The van der Waals surface area contributed by atoms with Crippen molar-refractivity contribution < 1.29 is 0 Å². The lowest BCUT2D eigenvalue weighted by Crippen LogP contribution is -2.61. The molecule has 0 saturated heterocycles. The van der Waals surface area contributed by atoms with Crippen molar-refractivity contribution >= 4 is 68.6 Å². The van der Waals surface area contributed by atoms with Crippen molar-refractivity contribution in [2.24, 2.45) is 0 Å². The lowest BCUT2D eigenvalue weighted by atomic mass is 9.33. The molecule has 8 aromatic carbocycles. The summed E-state index contributed by atoms with van der Waals surface area (Å²) in [5, 5.41) is 0. The molecular formula is C65H64BN3. The molecule has 342 valence electrons. The van der Waals surface area contributed by atoms with Gasteiger partial charge in [0.15, 0.2) is 0 Å². The molecule has 3 aliphatic heterocycles. The lowest BCUT2D eigenvalue weighted by molar-refractivity contribution is 0.270. The smallest absolute Gasteiger partial charge is 0.252 e. The summed E-state index contributed by atoms with van der Waals surface area (Å²) in [7, 11) is 0. The Morgan fingerprint density at radius 1 is 0.420 bits per heavy atom. The van der Waals surface area contributed by atoms with Gasteiger partial charge in [-0.15, -0.1) is 0 Å². The van der Waals surface area contributed by atoms with E-state index in [0.29, 0.717) is 0 Å². The van der Waals surface area contributed by atoms with Crippen LogP contribution in [0.3, 0.4) is 0 Å². The van der Waals surface area contributed by atoms with E-state index in [1.807, 2.05) is 0 Å². The van der Waals surface area contributed by atoms with Crippen LogP contribution in [-0.4, -0.2) is 6.71 Å². The van der Waals surface area contributed by atoms with Gasteiger partial charge in [0, 0.05) is 45.5 Å². The number of fused-ring (bicyclic) bond motifs is 9. The molecule has 0 bridgehead atoms. The van der Waals surface area contributed by atoms with Crippen LogP contribution < -0.4 is 31.1 Å². The van der Waals surface area contributed by atoms with Crippen LogP contribution in [0.1, 0.15) is 115 Å². The molecule has 0 saturated carbocycles. The first-order chi connectivity index (χ1) is 33.0. The summed E-state index contributed by atoms with van der Waals surface area (Å²) in [4.78, 5) is 7.99. The number of para-hydroxylation sites is 2. The molecule has 0 fully saturated rings. The Bertz CT molecular complexity index is 3330. The minimum Gasteiger partial charge on any atom is -0.330 e. The van der Waals surface area contributed by atoms with Crippen molar-refractivity contribution in [2.75, 3.05) is 14.7 Å². The molecule has 2 unspecified atom stereocenters. The molecule has 2 atom stereocenters. The normalized spacial score (nSPS) is 19.0. The van der Waals surface area contributed by atoms with Crippen molar-refractivity contribution in [3.8, 4) is 0 Å². The molecule has 4 aliphatic rings. The van der Waals surface area contributed by atoms with Crippen LogP contribution in [-0.2, 0) is 33.6 Å². The van der Waals surface area contributed by atoms with Gasteiger partial charge < -0.3 is 14.7 Å². The molecule has 0 aromatic heterocycles. The number of nitrogens with zero attached hydrogens (tertiary/aromatic N) is 3. The third-order valence-electron chi connectivity index (χ3n) is 16.5. The van der Waals surface area contributed by atoms with Gasteiger partial charge in [-0.1, -0.05) is 190 Å². The topological polar surface area (TPSA) is 9.72 Å². The van der Waals surface area contributed by atoms with Gasteiger partial charge in [0.1, 0.15) is 0 Å². The third-order valence-corrected chi connectivity index (χ3v) is 16.5. The standard InChI is InChI=1S/C65H64BN3/c1-61(2,3)45-25-21-28-49(38-45)68-57-40-47(63(7,8)9)32-34-54(57)66-53-30-19-20-31-56(53)67(48-26-15-12-16-27-48)58-41-50(42-59(68)60(58)66)69-55-35-33-46(62(4,5)6)39-52(55)65(44-23-13-11-14-24-44)37-36-43-22-17-18-29-51(43)64(65,69)10/h11-35,38-42H,36-37H2,1-10H3. The Kier molecular flexibility index (Phi) is 9.53. The third kappa shape index (κ3) is 6.33.